The largest absolute Gasteiger partial charge is 0.298 e. The topological polar surface area (TPSA) is 34.9 Å². The molecule has 0 aliphatic carbocycles. The first kappa shape index (κ1) is 12.5. The summed E-state index contributed by atoms with van der Waals surface area (Å²) in [6, 6.07) is 4.55. The van der Waals surface area contributed by atoms with E-state index in [0.717, 1.165) is 11.3 Å². The fraction of sp³-hybridized carbons (Fsp3) is 0.286. The first-order chi connectivity index (χ1) is 8.52. The molecular formula is C14H15FN2O. The molecule has 0 bridgehead atoms. The Labute approximate surface area is 105 Å². The van der Waals surface area contributed by atoms with E-state index in [9.17, 15) is 9.18 Å². The van der Waals surface area contributed by atoms with Crippen molar-refractivity contribution in [2.75, 3.05) is 0 Å². The average Bonchev–Trinajstić information content (AvgIpc) is 2.72. The van der Waals surface area contributed by atoms with Crippen molar-refractivity contribution in [3.8, 4) is 11.1 Å². The Balaban J connectivity index is 2.57. The maximum atomic E-state index is 13.8. The lowest BCUT2D eigenvalue weighted by Crippen LogP contribution is -2.00. The zero-order chi connectivity index (χ0) is 13.3. The van der Waals surface area contributed by atoms with Crippen LogP contribution in [0.3, 0.4) is 0 Å². The molecule has 1 aromatic carbocycles. The van der Waals surface area contributed by atoms with Gasteiger partial charge in [0.25, 0.3) is 0 Å². The van der Waals surface area contributed by atoms with Crippen molar-refractivity contribution < 1.29 is 9.18 Å². The SMILES string of the molecule is Cc1nn(C(C)C)cc1-c1cc(C=O)ccc1F. The molecule has 0 fully saturated rings. The van der Waals surface area contributed by atoms with Gasteiger partial charge in [-0.15, -0.1) is 0 Å². The third-order valence-corrected chi connectivity index (χ3v) is 2.86. The lowest BCUT2D eigenvalue weighted by atomic mass is 10.0. The first-order valence-electron chi connectivity index (χ1n) is 5.83. The molecule has 2 aromatic rings. The number of nitrogens with zero attached hydrogens (tertiary/aromatic N) is 2. The van der Waals surface area contributed by atoms with Gasteiger partial charge in [-0.2, -0.15) is 5.10 Å². The molecule has 0 N–H and O–H groups in total. The van der Waals surface area contributed by atoms with Gasteiger partial charge < -0.3 is 0 Å². The van der Waals surface area contributed by atoms with Crippen LogP contribution in [0.15, 0.2) is 24.4 Å². The van der Waals surface area contributed by atoms with Crippen LogP contribution in [0.25, 0.3) is 11.1 Å². The summed E-state index contributed by atoms with van der Waals surface area (Å²) in [7, 11) is 0. The number of hydrogen-bond donors (Lipinski definition) is 0. The molecule has 18 heavy (non-hydrogen) atoms. The van der Waals surface area contributed by atoms with Crippen LogP contribution in [-0.2, 0) is 0 Å². The van der Waals surface area contributed by atoms with Gasteiger partial charge in [0.1, 0.15) is 12.1 Å². The minimum atomic E-state index is -0.341. The lowest BCUT2D eigenvalue weighted by molar-refractivity contribution is 0.112. The Bertz CT molecular complexity index is 587. The monoisotopic (exact) mass is 246 g/mol. The smallest absolute Gasteiger partial charge is 0.150 e. The van der Waals surface area contributed by atoms with Gasteiger partial charge in [-0.3, -0.25) is 9.48 Å². The molecule has 0 radical (unpaired) electrons. The fourth-order valence-electron chi connectivity index (χ4n) is 1.83. The van der Waals surface area contributed by atoms with Crippen molar-refractivity contribution in [1.29, 1.82) is 0 Å². The van der Waals surface area contributed by atoms with Gasteiger partial charge in [-0.05, 0) is 39.0 Å². The molecule has 0 saturated heterocycles. The van der Waals surface area contributed by atoms with Gasteiger partial charge in [0.05, 0.1) is 5.69 Å². The van der Waals surface area contributed by atoms with Crippen molar-refractivity contribution in [2.45, 2.75) is 26.8 Å². The Morgan fingerprint density at radius 2 is 2.06 bits per heavy atom. The molecule has 0 amide bonds. The number of aldehydes is 1. The molecule has 1 heterocycles. The minimum absolute atomic E-state index is 0.217. The molecule has 0 atom stereocenters. The summed E-state index contributed by atoms with van der Waals surface area (Å²) >= 11 is 0. The Morgan fingerprint density at radius 3 is 2.61 bits per heavy atom. The lowest BCUT2D eigenvalue weighted by Gasteiger charge is -2.04. The van der Waals surface area contributed by atoms with Crippen molar-refractivity contribution in [1.82, 2.24) is 9.78 Å². The van der Waals surface area contributed by atoms with Crippen LogP contribution in [-0.4, -0.2) is 16.1 Å². The van der Waals surface area contributed by atoms with Crippen LogP contribution in [0, 0.1) is 12.7 Å². The number of aromatic nitrogens is 2. The third-order valence-electron chi connectivity index (χ3n) is 2.86. The summed E-state index contributed by atoms with van der Waals surface area (Å²) in [5, 5.41) is 4.34. The van der Waals surface area contributed by atoms with Crippen molar-refractivity contribution in [3.63, 3.8) is 0 Å². The van der Waals surface area contributed by atoms with E-state index in [1.807, 2.05) is 27.0 Å². The second-order valence-corrected chi connectivity index (χ2v) is 4.56. The standard InChI is InChI=1S/C14H15FN2O/c1-9(2)17-7-13(10(3)16-17)12-6-11(8-18)4-5-14(12)15/h4-9H,1-3H3. The van der Waals surface area contributed by atoms with Gasteiger partial charge in [0, 0.05) is 28.9 Å². The molecule has 0 aliphatic rings. The van der Waals surface area contributed by atoms with Crippen LogP contribution in [0.5, 0.6) is 0 Å². The van der Waals surface area contributed by atoms with E-state index in [1.54, 1.807) is 10.7 Å². The van der Waals surface area contributed by atoms with Gasteiger partial charge in [-0.1, -0.05) is 0 Å². The van der Waals surface area contributed by atoms with E-state index in [2.05, 4.69) is 5.10 Å². The van der Waals surface area contributed by atoms with Crippen LogP contribution in [0.2, 0.25) is 0 Å². The van der Waals surface area contributed by atoms with E-state index < -0.39 is 0 Å². The molecule has 4 heteroatoms. The quantitative estimate of drug-likeness (QED) is 0.778. The van der Waals surface area contributed by atoms with Gasteiger partial charge in [0.2, 0.25) is 0 Å². The van der Waals surface area contributed by atoms with E-state index >= 15 is 0 Å². The first-order valence-corrected chi connectivity index (χ1v) is 5.83. The van der Waals surface area contributed by atoms with E-state index in [-0.39, 0.29) is 11.9 Å². The fourth-order valence-corrected chi connectivity index (χ4v) is 1.83. The van der Waals surface area contributed by atoms with Crippen LogP contribution in [0.1, 0.15) is 35.9 Å². The maximum absolute atomic E-state index is 13.8. The predicted molar refractivity (Wildman–Crippen MR) is 68.1 cm³/mol. The summed E-state index contributed by atoms with van der Waals surface area (Å²) in [5.41, 5.74) is 2.36. The number of carbonyl (C=O) groups excluding carboxylic acids is 1. The Morgan fingerprint density at radius 1 is 1.33 bits per heavy atom. The minimum Gasteiger partial charge on any atom is -0.298 e. The van der Waals surface area contributed by atoms with Crippen molar-refractivity contribution >= 4 is 6.29 Å². The zero-order valence-electron chi connectivity index (χ0n) is 10.6. The highest BCUT2D eigenvalue weighted by molar-refractivity contribution is 5.79. The van der Waals surface area contributed by atoms with Crippen LogP contribution < -0.4 is 0 Å². The Hall–Kier alpha value is -1.97. The zero-order valence-corrected chi connectivity index (χ0v) is 10.6. The second kappa shape index (κ2) is 4.72. The number of hydrogen-bond acceptors (Lipinski definition) is 2. The van der Waals surface area contributed by atoms with E-state index in [4.69, 9.17) is 0 Å². The number of rotatable bonds is 3. The summed E-state index contributed by atoms with van der Waals surface area (Å²) < 4.78 is 15.6. The van der Waals surface area contributed by atoms with Gasteiger partial charge >= 0.3 is 0 Å². The maximum Gasteiger partial charge on any atom is 0.150 e. The highest BCUT2D eigenvalue weighted by atomic mass is 19.1. The molecule has 0 unspecified atom stereocenters. The summed E-state index contributed by atoms with van der Waals surface area (Å²) in [5.74, 6) is -0.341. The molecule has 0 aliphatic heterocycles. The van der Waals surface area contributed by atoms with E-state index in [1.165, 1.54) is 12.1 Å². The van der Waals surface area contributed by atoms with Crippen LogP contribution >= 0.6 is 0 Å². The molecule has 2 rings (SSSR count). The Kier molecular flexibility index (Phi) is 3.28. The highest BCUT2D eigenvalue weighted by Gasteiger charge is 2.13. The normalized spacial score (nSPS) is 10.9. The number of benzene rings is 1. The van der Waals surface area contributed by atoms with Gasteiger partial charge in [-0.25, -0.2) is 4.39 Å². The third kappa shape index (κ3) is 2.18. The summed E-state index contributed by atoms with van der Waals surface area (Å²) in [4.78, 5) is 10.8. The molecule has 0 spiro atoms. The molecule has 0 saturated carbocycles. The summed E-state index contributed by atoms with van der Waals surface area (Å²) in [6.45, 7) is 5.85. The second-order valence-electron chi connectivity index (χ2n) is 4.56. The number of aryl methyl sites for hydroxylation is 1. The van der Waals surface area contributed by atoms with E-state index in [0.29, 0.717) is 17.4 Å². The summed E-state index contributed by atoms with van der Waals surface area (Å²) in [6.07, 6.45) is 2.53. The van der Waals surface area contributed by atoms with Crippen LogP contribution in [0.4, 0.5) is 4.39 Å². The number of carbonyl (C=O) groups is 1. The molecular weight excluding hydrogens is 231 g/mol. The molecule has 94 valence electrons. The molecule has 1 aromatic heterocycles. The van der Waals surface area contributed by atoms with Crippen molar-refractivity contribution in [2.24, 2.45) is 0 Å². The number of halogens is 1. The highest BCUT2D eigenvalue weighted by Crippen LogP contribution is 2.27. The van der Waals surface area contributed by atoms with Gasteiger partial charge in [0.15, 0.2) is 0 Å². The van der Waals surface area contributed by atoms with Crippen molar-refractivity contribution in [3.05, 3.63) is 41.5 Å². The average molecular weight is 246 g/mol. The predicted octanol–water partition coefficient (Wildman–Crippen LogP) is 3.39. The molecule has 3 nitrogen and oxygen atoms in total.